The summed E-state index contributed by atoms with van der Waals surface area (Å²) in [5.41, 5.74) is 11.3. The molecular formula is C41H28N2O. The van der Waals surface area contributed by atoms with E-state index in [1.54, 1.807) is 0 Å². The number of benzene rings is 5. The van der Waals surface area contributed by atoms with E-state index in [0.717, 1.165) is 49.3 Å². The van der Waals surface area contributed by atoms with Gasteiger partial charge in [0, 0.05) is 27.0 Å². The van der Waals surface area contributed by atoms with Gasteiger partial charge in [-0.2, -0.15) is 5.26 Å². The van der Waals surface area contributed by atoms with E-state index in [-0.39, 0.29) is 5.41 Å². The molecule has 44 heavy (non-hydrogen) atoms. The van der Waals surface area contributed by atoms with E-state index in [2.05, 4.69) is 103 Å². The van der Waals surface area contributed by atoms with E-state index < -0.39 is 0 Å². The van der Waals surface area contributed by atoms with Crippen LogP contribution in [0.15, 0.2) is 119 Å². The van der Waals surface area contributed by atoms with Gasteiger partial charge in [-0.25, -0.2) is 0 Å². The number of fused-ring (bicyclic) bond motifs is 9. The molecule has 0 aliphatic heterocycles. The molecule has 3 nitrogen and oxygen atoms in total. The van der Waals surface area contributed by atoms with Gasteiger partial charge in [0.15, 0.2) is 0 Å². The van der Waals surface area contributed by atoms with Crippen molar-refractivity contribution in [3.63, 3.8) is 0 Å². The van der Waals surface area contributed by atoms with Gasteiger partial charge in [-0.1, -0.05) is 92.6 Å². The summed E-state index contributed by atoms with van der Waals surface area (Å²) >= 11 is 0. The number of nitriles is 1. The molecule has 0 fully saturated rings. The lowest BCUT2D eigenvalue weighted by Gasteiger charge is -2.21. The maximum Gasteiger partial charge on any atom is 0.136 e. The lowest BCUT2D eigenvalue weighted by molar-refractivity contribution is 0.647. The predicted molar refractivity (Wildman–Crippen MR) is 182 cm³/mol. The topological polar surface area (TPSA) is 41.9 Å². The molecule has 0 bridgehead atoms. The molecule has 0 radical (unpaired) electrons. The summed E-state index contributed by atoms with van der Waals surface area (Å²) in [6.07, 6.45) is 8.15. The zero-order chi connectivity index (χ0) is 30.2. The van der Waals surface area contributed by atoms with Crippen molar-refractivity contribution < 1.29 is 4.42 Å². The highest BCUT2D eigenvalue weighted by Gasteiger charge is 2.36. The van der Waals surface area contributed by atoms with Gasteiger partial charge in [0.2, 0.25) is 0 Å². The zero-order valence-electron chi connectivity index (χ0n) is 24.8. The van der Waals surface area contributed by atoms with Gasteiger partial charge in [-0.05, 0) is 71.1 Å². The van der Waals surface area contributed by atoms with E-state index >= 15 is 0 Å². The first-order valence-corrected chi connectivity index (χ1v) is 14.8. The third-order valence-electron chi connectivity index (χ3n) is 9.31. The Morgan fingerprint density at radius 3 is 2.09 bits per heavy atom. The summed E-state index contributed by atoms with van der Waals surface area (Å²) in [5.74, 6) is 2.97. The second-order valence-corrected chi connectivity index (χ2v) is 11.9. The van der Waals surface area contributed by atoms with E-state index in [4.69, 9.17) is 10.8 Å². The zero-order valence-corrected chi connectivity index (χ0v) is 24.8. The van der Waals surface area contributed by atoms with Crippen LogP contribution < -0.4 is 0 Å². The molecule has 0 unspecified atom stereocenters. The maximum absolute atomic E-state index is 10.3. The van der Waals surface area contributed by atoms with Crippen LogP contribution in [-0.2, 0) is 5.41 Å². The molecule has 0 saturated heterocycles. The minimum atomic E-state index is -0.110. The number of allylic oxidation sites excluding steroid dienone is 4. The van der Waals surface area contributed by atoms with Crippen LogP contribution in [0.5, 0.6) is 0 Å². The normalized spacial score (nSPS) is 14.4. The fourth-order valence-electron chi connectivity index (χ4n) is 7.20. The van der Waals surface area contributed by atoms with Crippen molar-refractivity contribution in [3.8, 4) is 29.5 Å². The van der Waals surface area contributed by atoms with Crippen molar-refractivity contribution in [2.24, 2.45) is 0 Å². The van der Waals surface area contributed by atoms with E-state index in [1.165, 1.54) is 22.3 Å². The molecule has 7 aromatic rings. The summed E-state index contributed by atoms with van der Waals surface area (Å²) in [4.78, 5) is 0. The number of nitrogens with zero attached hydrogens (tertiary/aromatic N) is 2. The number of hydrogen-bond acceptors (Lipinski definition) is 2. The highest BCUT2D eigenvalue weighted by atomic mass is 16.3. The van der Waals surface area contributed by atoms with Gasteiger partial charge >= 0.3 is 0 Å². The monoisotopic (exact) mass is 564 g/mol. The first-order valence-electron chi connectivity index (χ1n) is 14.8. The average Bonchev–Trinajstić information content (AvgIpc) is 3.65. The molecule has 1 aliphatic rings. The minimum absolute atomic E-state index is 0.110. The highest BCUT2D eigenvalue weighted by Crippen LogP contribution is 2.50. The lowest BCUT2D eigenvalue weighted by Crippen LogP contribution is -2.14. The average molecular weight is 565 g/mol. The summed E-state index contributed by atoms with van der Waals surface area (Å²) in [6, 6.07) is 38.2. The van der Waals surface area contributed by atoms with E-state index in [9.17, 15) is 5.26 Å². The standard InChI is InChI=1S/C41H28N2O/c1-5-25(24-42)40(43-36-17-11-8-14-29(36)30-15-9-12-18-37(30)43)27(6-2)26-19-20-31-33-22-32-28-13-7-10-16-34(28)41(3,4)35(32)23-39(33)44-38(31)21-26/h2,5,7-23H,1,3-4H3/b25-5-,40-27-. The van der Waals surface area contributed by atoms with Crippen LogP contribution in [0, 0.1) is 23.7 Å². The summed E-state index contributed by atoms with van der Waals surface area (Å²) in [6.45, 7) is 6.43. The minimum Gasteiger partial charge on any atom is -0.456 e. The van der Waals surface area contributed by atoms with Gasteiger partial charge in [0.25, 0.3) is 0 Å². The van der Waals surface area contributed by atoms with Crippen LogP contribution in [0.3, 0.4) is 0 Å². The largest absolute Gasteiger partial charge is 0.456 e. The number of aromatic nitrogens is 1. The van der Waals surface area contributed by atoms with Crippen molar-refractivity contribution in [2.75, 3.05) is 0 Å². The fourth-order valence-corrected chi connectivity index (χ4v) is 7.20. The second-order valence-electron chi connectivity index (χ2n) is 11.9. The molecule has 0 N–H and O–H groups in total. The molecule has 0 atom stereocenters. The molecule has 208 valence electrons. The number of hydrogen-bond donors (Lipinski definition) is 0. The van der Waals surface area contributed by atoms with Crippen LogP contribution >= 0.6 is 0 Å². The van der Waals surface area contributed by atoms with Crippen LogP contribution in [0.2, 0.25) is 0 Å². The maximum atomic E-state index is 10.3. The fraction of sp³-hybridized carbons (Fsp3) is 0.0976. The number of para-hydroxylation sites is 2. The van der Waals surface area contributed by atoms with Crippen LogP contribution in [0.1, 0.15) is 37.5 Å². The van der Waals surface area contributed by atoms with Crippen molar-refractivity contribution in [1.82, 2.24) is 4.57 Å². The van der Waals surface area contributed by atoms with E-state index in [0.29, 0.717) is 16.8 Å². The summed E-state index contributed by atoms with van der Waals surface area (Å²) in [5, 5.41) is 14.7. The third kappa shape index (κ3) is 3.45. The SMILES string of the molecule is C#C/C(=C(\C(C#N)=C/C)n1c2ccccc2c2ccccc21)c1ccc2c(c1)oc1cc3c(cc12)-c1ccccc1C3(C)C. The van der Waals surface area contributed by atoms with Crippen molar-refractivity contribution >= 4 is 55.0 Å². The predicted octanol–water partition coefficient (Wildman–Crippen LogP) is 10.5. The first-order chi connectivity index (χ1) is 21.5. The smallest absolute Gasteiger partial charge is 0.136 e. The number of rotatable bonds is 3. The Hall–Kier alpha value is -5.77. The van der Waals surface area contributed by atoms with E-state index in [1.807, 2.05) is 43.3 Å². The molecule has 5 aromatic carbocycles. The van der Waals surface area contributed by atoms with Gasteiger partial charge < -0.3 is 8.98 Å². The lowest BCUT2D eigenvalue weighted by atomic mass is 9.82. The van der Waals surface area contributed by atoms with Crippen molar-refractivity contribution in [2.45, 2.75) is 26.2 Å². The summed E-state index contributed by atoms with van der Waals surface area (Å²) < 4.78 is 8.68. The third-order valence-corrected chi connectivity index (χ3v) is 9.31. The van der Waals surface area contributed by atoms with Gasteiger partial charge in [0.05, 0.1) is 27.9 Å². The van der Waals surface area contributed by atoms with Crippen molar-refractivity contribution in [3.05, 3.63) is 131 Å². The first kappa shape index (κ1) is 25.9. The van der Waals surface area contributed by atoms with Gasteiger partial charge in [0.1, 0.15) is 17.2 Å². The molecule has 8 rings (SSSR count). The number of furan rings is 1. The van der Waals surface area contributed by atoms with Crippen molar-refractivity contribution in [1.29, 1.82) is 5.26 Å². The molecule has 0 saturated carbocycles. The molecule has 2 heterocycles. The quantitative estimate of drug-likeness (QED) is 0.122. The van der Waals surface area contributed by atoms with Gasteiger partial charge in [-0.3, -0.25) is 0 Å². The molecule has 1 aliphatic carbocycles. The Bertz CT molecular complexity index is 2450. The Kier molecular flexibility index (Phi) is 5.51. The molecular weight excluding hydrogens is 536 g/mol. The van der Waals surface area contributed by atoms with Crippen LogP contribution in [0.4, 0.5) is 0 Å². The van der Waals surface area contributed by atoms with Crippen LogP contribution in [0.25, 0.3) is 66.1 Å². The highest BCUT2D eigenvalue weighted by molar-refractivity contribution is 6.15. The molecule has 0 amide bonds. The second kappa shape index (κ2) is 9.37. The summed E-state index contributed by atoms with van der Waals surface area (Å²) in [7, 11) is 0. The number of terminal acetylenes is 1. The molecule has 3 heteroatoms. The molecule has 2 aromatic heterocycles. The Morgan fingerprint density at radius 2 is 1.41 bits per heavy atom. The van der Waals surface area contributed by atoms with Gasteiger partial charge in [-0.15, -0.1) is 6.42 Å². The Balaban J connectivity index is 1.40. The Morgan fingerprint density at radius 1 is 0.750 bits per heavy atom. The molecule has 0 spiro atoms. The van der Waals surface area contributed by atoms with Crippen LogP contribution in [-0.4, -0.2) is 4.57 Å². The Labute approximate surface area is 256 Å².